The lowest BCUT2D eigenvalue weighted by atomic mass is 10.2. The minimum Gasteiger partial charge on any atom is -0.421 e. The van der Waals surface area contributed by atoms with Crippen LogP contribution in [0, 0.1) is 0 Å². The Hall–Kier alpha value is -2.73. The largest absolute Gasteiger partial charge is 0.421 e. The van der Waals surface area contributed by atoms with Gasteiger partial charge in [-0.15, -0.1) is 10.2 Å². The lowest BCUT2D eigenvalue weighted by Crippen LogP contribution is -2.25. The van der Waals surface area contributed by atoms with Crippen LogP contribution in [0.3, 0.4) is 0 Å². The summed E-state index contributed by atoms with van der Waals surface area (Å²) in [5, 5.41) is 11.3. The highest BCUT2D eigenvalue weighted by molar-refractivity contribution is 6.30. The molecule has 0 aliphatic heterocycles. The van der Waals surface area contributed by atoms with Crippen molar-refractivity contribution in [2.45, 2.75) is 6.42 Å². The Morgan fingerprint density at radius 3 is 2.74 bits per heavy atom. The third kappa shape index (κ3) is 3.92. The molecule has 116 valence electrons. The van der Waals surface area contributed by atoms with Crippen LogP contribution < -0.4 is 5.32 Å². The third-order valence-corrected chi connectivity index (χ3v) is 3.36. The number of rotatable bonds is 5. The summed E-state index contributed by atoms with van der Waals surface area (Å²) in [7, 11) is 0. The van der Waals surface area contributed by atoms with E-state index >= 15 is 0 Å². The molecule has 3 aromatic rings. The van der Waals surface area contributed by atoms with Crippen molar-refractivity contribution in [1.29, 1.82) is 0 Å². The number of nitrogens with one attached hydrogen (secondary N) is 1. The van der Waals surface area contributed by atoms with Gasteiger partial charge >= 0.3 is 0 Å². The molecule has 0 unspecified atom stereocenters. The fourth-order valence-corrected chi connectivity index (χ4v) is 2.07. The molecule has 0 saturated carbocycles. The normalized spacial score (nSPS) is 10.5. The first kappa shape index (κ1) is 15.2. The first-order valence-electron chi connectivity index (χ1n) is 6.99. The van der Waals surface area contributed by atoms with Crippen LogP contribution in [0.15, 0.2) is 53.2 Å². The maximum atomic E-state index is 11.9. The Kier molecular flexibility index (Phi) is 4.63. The van der Waals surface area contributed by atoms with Gasteiger partial charge in [-0.2, -0.15) is 0 Å². The molecule has 1 N–H and O–H groups in total. The summed E-state index contributed by atoms with van der Waals surface area (Å²) >= 11 is 5.79. The minimum atomic E-state index is -0.173. The van der Waals surface area contributed by atoms with Crippen molar-refractivity contribution in [2.75, 3.05) is 6.54 Å². The Bertz CT molecular complexity index is 787. The lowest BCUT2D eigenvalue weighted by Gasteiger charge is -2.03. The molecule has 0 aliphatic carbocycles. The fourth-order valence-electron chi connectivity index (χ4n) is 1.95. The zero-order chi connectivity index (χ0) is 16.1. The Morgan fingerprint density at radius 2 is 2.00 bits per heavy atom. The molecule has 2 heterocycles. The van der Waals surface area contributed by atoms with Gasteiger partial charge < -0.3 is 9.73 Å². The molecule has 0 atom stereocenters. The second-order valence-electron chi connectivity index (χ2n) is 4.76. The number of nitrogens with zero attached hydrogens (tertiary/aromatic N) is 3. The average molecular weight is 329 g/mol. The lowest BCUT2D eigenvalue weighted by molar-refractivity contribution is 0.0953. The number of aromatic nitrogens is 3. The van der Waals surface area contributed by atoms with Gasteiger partial charge in [0.25, 0.3) is 5.91 Å². The van der Waals surface area contributed by atoms with Crippen molar-refractivity contribution in [3.63, 3.8) is 0 Å². The van der Waals surface area contributed by atoms with E-state index < -0.39 is 0 Å². The highest BCUT2D eigenvalue weighted by atomic mass is 35.5. The van der Waals surface area contributed by atoms with Crippen molar-refractivity contribution >= 4 is 17.5 Å². The SMILES string of the molecule is O=C(NCCc1nnc(-c2cccnc2)o1)c1ccc(Cl)cc1. The van der Waals surface area contributed by atoms with Crippen LogP contribution in [-0.4, -0.2) is 27.6 Å². The van der Waals surface area contributed by atoms with Crippen LogP contribution in [0.1, 0.15) is 16.2 Å². The topological polar surface area (TPSA) is 80.9 Å². The molecule has 23 heavy (non-hydrogen) atoms. The van der Waals surface area contributed by atoms with Crippen LogP contribution in [-0.2, 0) is 6.42 Å². The highest BCUT2D eigenvalue weighted by Crippen LogP contribution is 2.16. The molecule has 6 nitrogen and oxygen atoms in total. The van der Waals surface area contributed by atoms with Gasteiger partial charge in [0.05, 0.1) is 5.56 Å². The molecule has 0 spiro atoms. The van der Waals surface area contributed by atoms with Gasteiger partial charge in [0.2, 0.25) is 11.8 Å². The second kappa shape index (κ2) is 7.02. The molecule has 0 bridgehead atoms. The van der Waals surface area contributed by atoms with E-state index in [1.54, 1.807) is 42.7 Å². The summed E-state index contributed by atoms with van der Waals surface area (Å²) < 4.78 is 5.54. The second-order valence-corrected chi connectivity index (χ2v) is 5.19. The van der Waals surface area contributed by atoms with Crippen LogP contribution in [0.5, 0.6) is 0 Å². The van der Waals surface area contributed by atoms with Gasteiger partial charge in [-0.3, -0.25) is 9.78 Å². The van der Waals surface area contributed by atoms with E-state index in [0.717, 1.165) is 5.56 Å². The van der Waals surface area contributed by atoms with Gasteiger partial charge in [-0.05, 0) is 36.4 Å². The van der Waals surface area contributed by atoms with E-state index in [2.05, 4.69) is 20.5 Å². The van der Waals surface area contributed by atoms with Gasteiger partial charge in [-0.1, -0.05) is 11.6 Å². The maximum absolute atomic E-state index is 11.9. The standard InChI is InChI=1S/C16H13ClN4O2/c17-13-5-3-11(4-6-13)15(22)19-9-7-14-20-21-16(23-14)12-2-1-8-18-10-12/h1-6,8,10H,7,9H2,(H,19,22). The quantitative estimate of drug-likeness (QED) is 0.779. The van der Waals surface area contributed by atoms with Gasteiger partial charge in [-0.25, -0.2) is 0 Å². The molecule has 1 aromatic carbocycles. The summed E-state index contributed by atoms with van der Waals surface area (Å²) in [6.07, 6.45) is 3.78. The van der Waals surface area contributed by atoms with E-state index in [4.69, 9.17) is 16.0 Å². The molecule has 0 saturated heterocycles. The molecule has 7 heteroatoms. The molecule has 0 aliphatic rings. The monoisotopic (exact) mass is 328 g/mol. The first-order chi connectivity index (χ1) is 11.2. The van der Waals surface area contributed by atoms with E-state index in [0.29, 0.717) is 35.3 Å². The summed E-state index contributed by atoms with van der Waals surface area (Å²) in [6.45, 7) is 0.399. The van der Waals surface area contributed by atoms with Crippen LogP contribution in [0.25, 0.3) is 11.5 Å². The average Bonchev–Trinajstić information content (AvgIpc) is 3.05. The van der Waals surface area contributed by atoms with E-state index in [-0.39, 0.29) is 5.91 Å². The smallest absolute Gasteiger partial charge is 0.251 e. The van der Waals surface area contributed by atoms with Crippen molar-refractivity contribution in [3.8, 4) is 11.5 Å². The van der Waals surface area contributed by atoms with Gasteiger partial charge in [0.15, 0.2) is 0 Å². The minimum absolute atomic E-state index is 0.173. The van der Waals surface area contributed by atoms with E-state index in [1.165, 1.54) is 0 Å². The number of halogens is 1. The molecule has 1 amide bonds. The van der Waals surface area contributed by atoms with E-state index in [1.807, 2.05) is 6.07 Å². The van der Waals surface area contributed by atoms with Gasteiger partial charge in [0, 0.05) is 35.9 Å². The van der Waals surface area contributed by atoms with Gasteiger partial charge in [0.1, 0.15) is 0 Å². The predicted molar refractivity (Wildman–Crippen MR) is 85.0 cm³/mol. The number of amides is 1. The Labute approximate surface area is 137 Å². The maximum Gasteiger partial charge on any atom is 0.251 e. The van der Waals surface area contributed by atoms with Crippen molar-refractivity contribution < 1.29 is 9.21 Å². The summed E-state index contributed by atoms with van der Waals surface area (Å²) in [6, 6.07) is 10.3. The van der Waals surface area contributed by atoms with Crippen LogP contribution in [0.2, 0.25) is 5.02 Å². The number of benzene rings is 1. The van der Waals surface area contributed by atoms with Crippen molar-refractivity contribution in [2.24, 2.45) is 0 Å². The number of carbonyl (C=O) groups excluding carboxylic acids is 1. The number of pyridine rings is 1. The third-order valence-electron chi connectivity index (χ3n) is 3.11. The molecule has 2 aromatic heterocycles. The predicted octanol–water partition coefficient (Wildman–Crippen LogP) is 2.76. The number of carbonyl (C=O) groups is 1. The summed E-state index contributed by atoms with van der Waals surface area (Å²) in [4.78, 5) is 15.9. The van der Waals surface area contributed by atoms with Crippen LogP contribution >= 0.6 is 11.6 Å². The molecule has 3 rings (SSSR count). The first-order valence-corrected chi connectivity index (χ1v) is 7.37. The number of hydrogen-bond acceptors (Lipinski definition) is 5. The highest BCUT2D eigenvalue weighted by Gasteiger charge is 2.09. The fraction of sp³-hybridized carbons (Fsp3) is 0.125. The zero-order valence-corrected chi connectivity index (χ0v) is 12.8. The van der Waals surface area contributed by atoms with Crippen molar-refractivity contribution in [3.05, 3.63) is 65.3 Å². The van der Waals surface area contributed by atoms with Crippen LogP contribution in [0.4, 0.5) is 0 Å². The molecule has 0 radical (unpaired) electrons. The van der Waals surface area contributed by atoms with E-state index in [9.17, 15) is 4.79 Å². The summed E-state index contributed by atoms with van der Waals surface area (Å²) in [5.74, 6) is 0.700. The molecule has 0 fully saturated rings. The zero-order valence-electron chi connectivity index (χ0n) is 12.1. The summed E-state index contributed by atoms with van der Waals surface area (Å²) in [5.41, 5.74) is 1.31. The number of hydrogen-bond donors (Lipinski definition) is 1. The molecular formula is C16H13ClN4O2. The molecular weight excluding hydrogens is 316 g/mol. The Morgan fingerprint density at radius 1 is 1.17 bits per heavy atom. The Balaban J connectivity index is 1.54. The van der Waals surface area contributed by atoms with Crippen molar-refractivity contribution in [1.82, 2.24) is 20.5 Å².